The molecule has 0 atom stereocenters. The molecule has 5 aromatic rings. The average Bonchev–Trinajstić information content (AvgIpc) is 3.59. The smallest absolute Gasteiger partial charge is 0.355 e. The minimum Gasteiger partial charge on any atom is -0.493 e. The Morgan fingerprint density at radius 3 is 2.61 bits per heavy atom. The molecular formula is C35H40N4O5. The summed E-state index contributed by atoms with van der Waals surface area (Å²) in [6.45, 7) is 9.37. The molecule has 1 aliphatic heterocycles. The van der Waals surface area contributed by atoms with E-state index in [2.05, 4.69) is 28.1 Å². The monoisotopic (exact) mass is 596 g/mol. The van der Waals surface area contributed by atoms with E-state index in [1.165, 1.54) is 0 Å². The van der Waals surface area contributed by atoms with E-state index in [0.29, 0.717) is 30.8 Å². The summed E-state index contributed by atoms with van der Waals surface area (Å²) < 4.78 is 19.1. The van der Waals surface area contributed by atoms with Crippen LogP contribution in [0.4, 0.5) is 0 Å². The molecule has 9 heteroatoms. The number of esters is 1. The second kappa shape index (κ2) is 13.6. The molecule has 0 spiro atoms. The largest absolute Gasteiger partial charge is 0.493 e. The van der Waals surface area contributed by atoms with Gasteiger partial charge >= 0.3 is 5.97 Å². The van der Waals surface area contributed by atoms with E-state index in [0.717, 1.165) is 89.2 Å². The van der Waals surface area contributed by atoms with Crippen LogP contribution in [-0.4, -0.2) is 76.8 Å². The second-order valence-electron chi connectivity index (χ2n) is 11.1. The molecule has 6 rings (SSSR count). The number of aromatic amines is 1. The Hall–Kier alpha value is -4.18. The fraction of sp³-hybridized carbons (Fsp3) is 0.371. The lowest BCUT2D eigenvalue weighted by atomic mass is 9.98. The molecule has 0 unspecified atom stereocenters. The highest BCUT2D eigenvalue weighted by atomic mass is 16.5. The van der Waals surface area contributed by atoms with Gasteiger partial charge < -0.3 is 24.3 Å². The predicted molar refractivity (Wildman–Crippen MR) is 171 cm³/mol. The number of aromatic nitrogens is 3. The van der Waals surface area contributed by atoms with Gasteiger partial charge in [-0.3, -0.25) is 9.58 Å². The number of nitrogens with zero attached hydrogens (tertiary/aromatic N) is 3. The van der Waals surface area contributed by atoms with Crippen molar-refractivity contribution in [2.75, 3.05) is 46.1 Å². The van der Waals surface area contributed by atoms with Gasteiger partial charge in [-0.2, -0.15) is 5.10 Å². The van der Waals surface area contributed by atoms with Crippen molar-refractivity contribution in [3.05, 3.63) is 83.3 Å². The van der Waals surface area contributed by atoms with Gasteiger partial charge in [0.15, 0.2) is 0 Å². The molecule has 1 saturated heterocycles. The topological polar surface area (TPSA) is 102 Å². The van der Waals surface area contributed by atoms with Crippen molar-refractivity contribution < 1.29 is 24.1 Å². The van der Waals surface area contributed by atoms with E-state index >= 15 is 0 Å². The predicted octanol–water partition coefficient (Wildman–Crippen LogP) is 5.51. The van der Waals surface area contributed by atoms with Crippen LogP contribution < -0.4 is 4.74 Å². The summed E-state index contributed by atoms with van der Waals surface area (Å²) in [4.78, 5) is 18.9. The first-order valence-corrected chi connectivity index (χ1v) is 15.5. The number of carbonyl (C=O) groups excluding carboxylic acids is 1. The Labute approximate surface area is 257 Å². The maximum absolute atomic E-state index is 13.2. The Bertz CT molecular complexity index is 1750. The van der Waals surface area contributed by atoms with Crippen molar-refractivity contribution >= 4 is 27.6 Å². The summed E-state index contributed by atoms with van der Waals surface area (Å²) in [5.41, 5.74) is 5.60. The number of nitrogens with one attached hydrogen (secondary N) is 1. The molecule has 1 fully saturated rings. The molecule has 44 heavy (non-hydrogen) atoms. The van der Waals surface area contributed by atoms with Crippen molar-refractivity contribution in [3.8, 4) is 16.9 Å². The number of morpholine rings is 1. The minimum atomic E-state index is -0.375. The molecule has 0 radical (unpaired) electrons. The molecule has 3 heterocycles. The third-order valence-electron chi connectivity index (χ3n) is 8.43. The van der Waals surface area contributed by atoms with Gasteiger partial charge in [0.2, 0.25) is 0 Å². The van der Waals surface area contributed by atoms with Crippen LogP contribution in [0.3, 0.4) is 0 Å². The number of aliphatic hydroxyl groups excluding tert-OH is 1. The van der Waals surface area contributed by atoms with Crippen molar-refractivity contribution in [2.45, 2.75) is 39.8 Å². The highest BCUT2D eigenvalue weighted by Crippen LogP contribution is 2.36. The van der Waals surface area contributed by atoms with Gasteiger partial charge in [0.05, 0.1) is 50.8 Å². The van der Waals surface area contributed by atoms with E-state index in [1.807, 2.05) is 61.0 Å². The van der Waals surface area contributed by atoms with Gasteiger partial charge in [-0.1, -0.05) is 54.6 Å². The third-order valence-corrected chi connectivity index (χ3v) is 8.43. The van der Waals surface area contributed by atoms with E-state index in [-0.39, 0.29) is 19.2 Å². The van der Waals surface area contributed by atoms with Gasteiger partial charge in [0.25, 0.3) is 0 Å². The van der Waals surface area contributed by atoms with E-state index in [4.69, 9.17) is 19.3 Å². The normalized spacial score (nSPS) is 14.0. The third kappa shape index (κ3) is 6.08. The molecule has 0 saturated carbocycles. The number of para-hydroxylation sites is 1. The molecule has 9 nitrogen and oxygen atoms in total. The summed E-state index contributed by atoms with van der Waals surface area (Å²) >= 11 is 0. The lowest BCUT2D eigenvalue weighted by Gasteiger charge is -2.26. The number of hydrogen-bond acceptors (Lipinski definition) is 7. The molecule has 0 bridgehead atoms. The first-order chi connectivity index (χ1) is 21.6. The number of hydrogen-bond donors (Lipinski definition) is 2. The van der Waals surface area contributed by atoms with Crippen LogP contribution in [0, 0.1) is 6.92 Å². The van der Waals surface area contributed by atoms with Crippen molar-refractivity contribution in [1.29, 1.82) is 0 Å². The highest BCUT2D eigenvalue weighted by Gasteiger charge is 2.24. The highest BCUT2D eigenvalue weighted by molar-refractivity contribution is 6.04. The van der Waals surface area contributed by atoms with Crippen molar-refractivity contribution in [1.82, 2.24) is 19.7 Å². The molecule has 2 N–H and O–H groups in total. The van der Waals surface area contributed by atoms with Crippen molar-refractivity contribution in [2.24, 2.45) is 0 Å². The SMILES string of the molecule is CCOC(=O)c1[nH]c2c(-c3c(CO)nn(CCN4CCOCC4)c3C)cccc2c1CCCOc1cccc2ccccc12. The van der Waals surface area contributed by atoms with Crippen LogP contribution in [0.2, 0.25) is 0 Å². The Morgan fingerprint density at radius 2 is 1.80 bits per heavy atom. The first-order valence-electron chi connectivity index (χ1n) is 15.5. The van der Waals surface area contributed by atoms with E-state index < -0.39 is 0 Å². The molecule has 3 aromatic carbocycles. The Morgan fingerprint density at radius 1 is 1.02 bits per heavy atom. The van der Waals surface area contributed by atoms with Gasteiger partial charge in [-0.05, 0) is 43.7 Å². The zero-order valence-electron chi connectivity index (χ0n) is 25.5. The van der Waals surface area contributed by atoms with Crippen LogP contribution in [-0.2, 0) is 29.0 Å². The van der Waals surface area contributed by atoms with Crippen LogP contribution in [0.15, 0.2) is 60.7 Å². The molecule has 2 aromatic heterocycles. The van der Waals surface area contributed by atoms with E-state index in [9.17, 15) is 9.90 Å². The number of fused-ring (bicyclic) bond motifs is 2. The average molecular weight is 597 g/mol. The molecule has 0 amide bonds. The van der Waals surface area contributed by atoms with Crippen LogP contribution in [0.1, 0.15) is 40.8 Å². The zero-order chi connectivity index (χ0) is 30.5. The molecular weight excluding hydrogens is 556 g/mol. The summed E-state index contributed by atoms with van der Waals surface area (Å²) in [6, 6.07) is 20.3. The summed E-state index contributed by atoms with van der Waals surface area (Å²) in [6.07, 6.45) is 1.35. The fourth-order valence-electron chi connectivity index (χ4n) is 6.22. The van der Waals surface area contributed by atoms with E-state index in [1.54, 1.807) is 0 Å². The molecule has 230 valence electrons. The summed E-state index contributed by atoms with van der Waals surface area (Å²) in [5.74, 6) is 0.479. The number of aliphatic hydroxyl groups is 1. The fourth-order valence-corrected chi connectivity index (χ4v) is 6.22. The van der Waals surface area contributed by atoms with Gasteiger partial charge in [0.1, 0.15) is 11.4 Å². The number of ether oxygens (including phenoxy) is 3. The van der Waals surface area contributed by atoms with Gasteiger partial charge in [0, 0.05) is 47.2 Å². The number of rotatable bonds is 12. The number of aryl methyl sites for hydroxylation is 1. The lowest BCUT2D eigenvalue weighted by Crippen LogP contribution is -2.38. The quantitative estimate of drug-likeness (QED) is 0.145. The standard InChI is InChI=1S/C35H40N4O5/c1-3-43-35(41)34-28(14-8-20-44-31-15-6-10-25-9-4-5-11-26(25)31)27-12-7-13-29(33(27)36-34)32-24(2)39(37-30(32)23-40)17-16-38-18-21-42-22-19-38/h4-7,9-13,15,36,40H,3,8,14,16-23H2,1-2H3. The summed E-state index contributed by atoms with van der Waals surface area (Å²) in [7, 11) is 0. The zero-order valence-corrected chi connectivity index (χ0v) is 25.5. The van der Waals surface area contributed by atoms with Crippen LogP contribution in [0.25, 0.3) is 32.8 Å². The Kier molecular flexibility index (Phi) is 9.26. The maximum atomic E-state index is 13.2. The van der Waals surface area contributed by atoms with Crippen LogP contribution >= 0.6 is 0 Å². The van der Waals surface area contributed by atoms with Gasteiger partial charge in [-0.25, -0.2) is 4.79 Å². The minimum absolute atomic E-state index is 0.180. The Balaban J connectivity index is 1.28. The lowest BCUT2D eigenvalue weighted by molar-refractivity contribution is 0.0359. The second-order valence-corrected chi connectivity index (χ2v) is 11.1. The number of H-pyrrole nitrogens is 1. The molecule has 0 aliphatic carbocycles. The van der Waals surface area contributed by atoms with Gasteiger partial charge in [-0.15, -0.1) is 0 Å². The number of carbonyl (C=O) groups is 1. The maximum Gasteiger partial charge on any atom is 0.355 e. The van der Waals surface area contributed by atoms with Crippen molar-refractivity contribution in [3.63, 3.8) is 0 Å². The first kappa shape index (κ1) is 29.9. The number of benzene rings is 3. The summed E-state index contributed by atoms with van der Waals surface area (Å²) in [5, 5.41) is 18.3. The van der Waals surface area contributed by atoms with Crippen LogP contribution in [0.5, 0.6) is 5.75 Å². The molecule has 1 aliphatic rings.